The smallest absolute Gasteiger partial charge is 0.294 e. The van der Waals surface area contributed by atoms with Gasteiger partial charge in [0.2, 0.25) is 0 Å². The van der Waals surface area contributed by atoms with E-state index in [0.717, 1.165) is 12.1 Å². The second-order valence-corrected chi connectivity index (χ2v) is 4.68. The third kappa shape index (κ3) is 4.49. The number of benzene rings is 1. The number of aliphatic hydroxyl groups is 2. The maximum Gasteiger partial charge on any atom is 0.294 e. The zero-order chi connectivity index (χ0) is 13.6. The summed E-state index contributed by atoms with van der Waals surface area (Å²) in [6.07, 6.45) is 0. The number of ether oxygens (including phenoxy) is 2. The molecule has 0 amide bonds. The quantitative estimate of drug-likeness (QED) is 0.585. The highest BCUT2D eigenvalue weighted by Crippen LogP contribution is 2.25. The van der Waals surface area contributed by atoms with Gasteiger partial charge in [-0.05, 0) is 0 Å². The Morgan fingerprint density at radius 1 is 0.944 bits per heavy atom. The van der Waals surface area contributed by atoms with Gasteiger partial charge in [-0.2, -0.15) is 8.42 Å². The van der Waals surface area contributed by atoms with Crippen molar-refractivity contribution in [2.24, 2.45) is 0 Å². The number of hydrogen-bond acceptors (Lipinski definition) is 6. The first kappa shape index (κ1) is 14.7. The topological polar surface area (TPSA) is 113 Å². The molecule has 0 aliphatic rings. The predicted molar refractivity (Wildman–Crippen MR) is 61.4 cm³/mol. The van der Waals surface area contributed by atoms with Crippen LogP contribution in [0, 0.1) is 0 Å². The molecule has 0 unspecified atom stereocenters. The molecule has 3 N–H and O–H groups in total. The first-order valence-electron chi connectivity index (χ1n) is 5.07. The van der Waals surface area contributed by atoms with Crippen LogP contribution in [0.25, 0.3) is 0 Å². The molecule has 0 aliphatic heterocycles. The molecule has 7 nitrogen and oxygen atoms in total. The van der Waals surface area contributed by atoms with Gasteiger partial charge in [-0.15, -0.1) is 0 Å². The van der Waals surface area contributed by atoms with E-state index in [9.17, 15) is 8.42 Å². The van der Waals surface area contributed by atoms with Crippen LogP contribution in [0.15, 0.2) is 23.1 Å². The van der Waals surface area contributed by atoms with Crippen molar-refractivity contribution in [1.82, 2.24) is 0 Å². The van der Waals surface area contributed by atoms with Gasteiger partial charge in [-0.1, -0.05) is 0 Å². The fraction of sp³-hybridized carbons (Fsp3) is 0.400. The van der Waals surface area contributed by atoms with Crippen LogP contribution in [0.2, 0.25) is 0 Å². The van der Waals surface area contributed by atoms with Crippen LogP contribution in [-0.4, -0.2) is 49.6 Å². The van der Waals surface area contributed by atoms with Gasteiger partial charge in [0.15, 0.2) is 0 Å². The molecule has 0 fully saturated rings. The molecule has 1 rings (SSSR count). The van der Waals surface area contributed by atoms with Gasteiger partial charge in [-0.25, -0.2) is 0 Å². The Hall–Kier alpha value is -1.35. The Morgan fingerprint density at radius 3 is 1.72 bits per heavy atom. The lowest BCUT2D eigenvalue weighted by Crippen LogP contribution is -2.06. The summed E-state index contributed by atoms with van der Waals surface area (Å²) >= 11 is 0. The van der Waals surface area contributed by atoms with Crippen molar-refractivity contribution in [2.75, 3.05) is 26.4 Å². The lowest BCUT2D eigenvalue weighted by Gasteiger charge is -2.10. The van der Waals surface area contributed by atoms with Crippen LogP contribution < -0.4 is 9.47 Å². The monoisotopic (exact) mass is 278 g/mol. The summed E-state index contributed by atoms with van der Waals surface area (Å²) < 4.78 is 41.1. The summed E-state index contributed by atoms with van der Waals surface area (Å²) in [6.45, 7) is -0.505. The summed E-state index contributed by atoms with van der Waals surface area (Å²) in [4.78, 5) is -0.383. The molecular formula is C10H14O7S. The van der Waals surface area contributed by atoms with Crippen molar-refractivity contribution in [1.29, 1.82) is 0 Å². The first-order chi connectivity index (χ1) is 8.47. The van der Waals surface area contributed by atoms with Crippen LogP contribution in [0.3, 0.4) is 0 Å². The lowest BCUT2D eigenvalue weighted by molar-refractivity contribution is 0.194. The molecule has 0 radical (unpaired) electrons. The van der Waals surface area contributed by atoms with E-state index in [1.807, 2.05) is 0 Å². The Bertz CT molecular complexity index is 457. The van der Waals surface area contributed by atoms with Crippen molar-refractivity contribution in [2.45, 2.75) is 4.90 Å². The number of aliphatic hydroxyl groups excluding tert-OH is 2. The minimum Gasteiger partial charge on any atom is -0.491 e. The predicted octanol–water partition coefficient (Wildman–Crippen LogP) is -0.324. The molecule has 0 saturated carbocycles. The molecule has 0 aliphatic carbocycles. The maximum absolute atomic E-state index is 11.0. The zero-order valence-electron chi connectivity index (χ0n) is 9.44. The van der Waals surface area contributed by atoms with Crippen LogP contribution in [0.4, 0.5) is 0 Å². The highest BCUT2D eigenvalue weighted by Gasteiger charge is 2.13. The molecule has 8 heteroatoms. The minimum atomic E-state index is -4.38. The molecule has 0 saturated heterocycles. The average molecular weight is 278 g/mol. The molecule has 0 spiro atoms. The van der Waals surface area contributed by atoms with E-state index < -0.39 is 10.1 Å². The van der Waals surface area contributed by atoms with Crippen LogP contribution in [0.1, 0.15) is 0 Å². The van der Waals surface area contributed by atoms with Crippen molar-refractivity contribution < 1.29 is 32.7 Å². The molecular weight excluding hydrogens is 264 g/mol. The zero-order valence-corrected chi connectivity index (χ0v) is 10.3. The summed E-state index contributed by atoms with van der Waals surface area (Å²) in [7, 11) is -4.38. The Balaban J connectivity index is 3.03. The molecule has 0 heterocycles. The molecule has 1 aromatic rings. The normalized spacial score (nSPS) is 11.3. The molecule has 18 heavy (non-hydrogen) atoms. The molecule has 102 valence electrons. The van der Waals surface area contributed by atoms with E-state index >= 15 is 0 Å². The summed E-state index contributed by atoms with van der Waals surface area (Å²) in [5.74, 6) is 0.263. The van der Waals surface area contributed by atoms with Gasteiger partial charge in [0.05, 0.1) is 13.2 Å². The number of rotatable bonds is 7. The highest BCUT2D eigenvalue weighted by molar-refractivity contribution is 7.85. The fourth-order valence-corrected chi connectivity index (χ4v) is 1.72. The first-order valence-corrected chi connectivity index (χ1v) is 6.51. The van der Waals surface area contributed by atoms with Crippen molar-refractivity contribution in [3.63, 3.8) is 0 Å². The van der Waals surface area contributed by atoms with E-state index in [1.54, 1.807) is 0 Å². The lowest BCUT2D eigenvalue weighted by atomic mass is 10.3. The second kappa shape index (κ2) is 6.55. The van der Waals surface area contributed by atoms with Gasteiger partial charge >= 0.3 is 0 Å². The third-order valence-electron chi connectivity index (χ3n) is 1.87. The minimum absolute atomic E-state index is 0.0195. The van der Waals surface area contributed by atoms with Crippen molar-refractivity contribution in [3.8, 4) is 11.5 Å². The Kier molecular flexibility index (Phi) is 5.35. The molecule has 1 aromatic carbocycles. The van der Waals surface area contributed by atoms with Crippen molar-refractivity contribution >= 4 is 10.1 Å². The average Bonchev–Trinajstić information content (AvgIpc) is 2.32. The molecule has 0 atom stereocenters. The second-order valence-electron chi connectivity index (χ2n) is 3.26. The van der Waals surface area contributed by atoms with Crippen molar-refractivity contribution in [3.05, 3.63) is 18.2 Å². The van der Waals surface area contributed by atoms with Gasteiger partial charge < -0.3 is 19.7 Å². The SMILES string of the molecule is O=S(=O)(O)c1cc(OCCO)cc(OCCO)c1. The molecule has 0 bridgehead atoms. The fourth-order valence-electron chi connectivity index (χ4n) is 1.19. The summed E-state index contributed by atoms with van der Waals surface area (Å²) in [6, 6.07) is 3.60. The standard InChI is InChI=1S/C10H14O7S/c11-1-3-16-8-5-9(17-4-2-12)7-10(6-8)18(13,14)15/h5-7,11-12H,1-4H2,(H,13,14,15). The third-order valence-corrected chi connectivity index (χ3v) is 2.70. The summed E-state index contributed by atoms with van der Waals surface area (Å²) in [5, 5.41) is 17.2. The largest absolute Gasteiger partial charge is 0.491 e. The van der Waals surface area contributed by atoms with Crippen LogP contribution in [0.5, 0.6) is 11.5 Å². The Labute approximate surface area is 104 Å². The number of hydrogen-bond donors (Lipinski definition) is 3. The van der Waals surface area contributed by atoms with Crippen LogP contribution in [-0.2, 0) is 10.1 Å². The van der Waals surface area contributed by atoms with Gasteiger partial charge in [0.25, 0.3) is 10.1 Å². The highest BCUT2D eigenvalue weighted by atomic mass is 32.2. The van der Waals surface area contributed by atoms with E-state index in [2.05, 4.69) is 0 Å². The van der Waals surface area contributed by atoms with Crippen LogP contribution >= 0.6 is 0 Å². The van der Waals surface area contributed by atoms with E-state index in [-0.39, 0.29) is 42.8 Å². The Morgan fingerprint density at radius 2 is 1.39 bits per heavy atom. The van der Waals surface area contributed by atoms with E-state index in [0.29, 0.717) is 0 Å². The summed E-state index contributed by atoms with van der Waals surface area (Å²) in [5.41, 5.74) is 0. The molecule has 0 aromatic heterocycles. The van der Waals surface area contributed by atoms with Gasteiger partial charge in [0, 0.05) is 18.2 Å². The van der Waals surface area contributed by atoms with E-state index in [1.165, 1.54) is 6.07 Å². The maximum atomic E-state index is 11.0. The van der Waals surface area contributed by atoms with Gasteiger partial charge in [-0.3, -0.25) is 4.55 Å². The van der Waals surface area contributed by atoms with Gasteiger partial charge in [0.1, 0.15) is 29.6 Å². The van der Waals surface area contributed by atoms with E-state index in [4.69, 9.17) is 24.2 Å².